The molecular weight excluding hydrogens is 216 g/mol. The molecule has 1 aromatic rings. The lowest BCUT2D eigenvalue weighted by atomic mass is 10.0. The quantitative estimate of drug-likeness (QED) is 0.834. The van der Waals surface area contributed by atoms with Crippen LogP contribution in [-0.4, -0.2) is 25.0 Å². The summed E-state index contributed by atoms with van der Waals surface area (Å²) in [5.41, 5.74) is 0.672. The molecule has 94 valence electrons. The lowest BCUT2D eigenvalue weighted by molar-refractivity contribution is 0.0927. The maximum Gasteiger partial charge on any atom is 0.255 e. The van der Waals surface area contributed by atoms with Gasteiger partial charge in [-0.05, 0) is 38.4 Å². The highest BCUT2D eigenvalue weighted by Gasteiger charge is 2.24. The molecule has 1 amide bonds. The summed E-state index contributed by atoms with van der Waals surface area (Å²) in [4.78, 5) is 12.1. The molecule has 2 N–H and O–H groups in total. The Morgan fingerprint density at radius 1 is 1.71 bits per heavy atom. The summed E-state index contributed by atoms with van der Waals surface area (Å²) in [6, 6.07) is 1.95. The number of amides is 1. The van der Waals surface area contributed by atoms with E-state index in [2.05, 4.69) is 17.6 Å². The van der Waals surface area contributed by atoms with Crippen molar-refractivity contribution in [2.45, 2.75) is 32.7 Å². The first-order valence-electron chi connectivity index (χ1n) is 6.30. The molecule has 1 aliphatic rings. The Hall–Kier alpha value is -1.29. The lowest BCUT2D eigenvalue weighted by Gasteiger charge is -2.19. The molecule has 2 rings (SSSR count). The number of hydrogen-bond acceptors (Lipinski definition) is 3. The van der Waals surface area contributed by atoms with E-state index in [9.17, 15) is 4.79 Å². The van der Waals surface area contributed by atoms with Gasteiger partial charge in [-0.1, -0.05) is 6.92 Å². The standard InChI is InChI=1S/C13H20N2O2/c1-3-12-11(5-7-17-12)13(16)15-9(2)10-4-6-14-8-10/h5,7,9-10,14H,3-4,6,8H2,1-2H3,(H,15,16). The smallest absolute Gasteiger partial charge is 0.255 e. The summed E-state index contributed by atoms with van der Waals surface area (Å²) < 4.78 is 5.27. The zero-order valence-corrected chi connectivity index (χ0v) is 10.5. The van der Waals surface area contributed by atoms with Crippen LogP contribution in [-0.2, 0) is 6.42 Å². The van der Waals surface area contributed by atoms with Gasteiger partial charge in [0.25, 0.3) is 5.91 Å². The van der Waals surface area contributed by atoms with Crippen LogP contribution in [0.1, 0.15) is 36.4 Å². The van der Waals surface area contributed by atoms with Crippen LogP contribution in [0.2, 0.25) is 0 Å². The van der Waals surface area contributed by atoms with Crippen molar-refractivity contribution in [3.05, 3.63) is 23.7 Å². The molecule has 1 aromatic heterocycles. The highest BCUT2D eigenvalue weighted by Crippen LogP contribution is 2.15. The van der Waals surface area contributed by atoms with E-state index in [0.29, 0.717) is 11.5 Å². The van der Waals surface area contributed by atoms with E-state index in [1.54, 1.807) is 12.3 Å². The first-order chi connectivity index (χ1) is 8.22. The van der Waals surface area contributed by atoms with Gasteiger partial charge < -0.3 is 15.1 Å². The molecule has 1 saturated heterocycles. The summed E-state index contributed by atoms with van der Waals surface area (Å²) >= 11 is 0. The van der Waals surface area contributed by atoms with Crippen LogP contribution in [0.5, 0.6) is 0 Å². The Labute approximate surface area is 102 Å². The fourth-order valence-corrected chi connectivity index (χ4v) is 2.32. The SMILES string of the molecule is CCc1occc1C(=O)NC(C)C1CCNC1. The predicted molar refractivity (Wildman–Crippen MR) is 66.0 cm³/mol. The van der Waals surface area contributed by atoms with E-state index in [4.69, 9.17) is 4.42 Å². The number of nitrogens with one attached hydrogen (secondary N) is 2. The molecule has 17 heavy (non-hydrogen) atoms. The molecule has 0 saturated carbocycles. The summed E-state index contributed by atoms with van der Waals surface area (Å²) in [6.07, 6.45) is 3.46. The van der Waals surface area contributed by atoms with Gasteiger partial charge in [-0.2, -0.15) is 0 Å². The van der Waals surface area contributed by atoms with E-state index < -0.39 is 0 Å². The Morgan fingerprint density at radius 3 is 3.18 bits per heavy atom. The Balaban J connectivity index is 1.96. The van der Waals surface area contributed by atoms with Gasteiger partial charge in [0.05, 0.1) is 11.8 Å². The topological polar surface area (TPSA) is 54.3 Å². The van der Waals surface area contributed by atoms with Crippen LogP contribution in [0, 0.1) is 5.92 Å². The van der Waals surface area contributed by atoms with Gasteiger partial charge in [0, 0.05) is 12.5 Å². The second-order valence-corrected chi connectivity index (χ2v) is 4.63. The minimum atomic E-state index is -0.0185. The van der Waals surface area contributed by atoms with E-state index in [1.807, 2.05) is 6.92 Å². The largest absolute Gasteiger partial charge is 0.469 e. The summed E-state index contributed by atoms with van der Waals surface area (Å²) in [7, 11) is 0. The minimum absolute atomic E-state index is 0.0185. The molecule has 2 unspecified atom stereocenters. The van der Waals surface area contributed by atoms with Crippen molar-refractivity contribution in [3.8, 4) is 0 Å². The number of hydrogen-bond donors (Lipinski definition) is 2. The third kappa shape index (κ3) is 2.69. The molecule has 4 nitrogen and oxygen atoms in total. The van der Waals surface area contributed by atoms with Gasteiger partial charge in [0.1, 0.15) is 5.76 Å². The van der Waals surface area contributed by atoms with Crippen molar-refractivity contribution in [2.75, 3.05) is 13.1 Å². The highest BCUT2D eigenvalue weighted by atomic mass is 16.3. The molecule has 2 heterocycles. The van der Waals surface area contributed by atoms with Crippen molar-refractivity contribution < 1.29 is 9.21 Å². The minimum Gasteiger partial charge on any atom is -0.469 e. The van der Waals surface area contributed by atoms with E-state index in [1.165, 1.54) is 0 Å². The molecule has 1 fully saturated rings. The summed E-state index contributed by atoms with van der Waals surface area (Å²) in [6.45, 7) is 6.10. The maximum absolute atomic E-state index is 12.1. The monoisotopic (exact) mass is 236 g/mol. The highest BCUT2D eigenvalue weighted by molar-refractivity contribution is 5.95. The van der Waals surface area contributed by atoms with Crippen LogP contribution in [0.25, 0.3) is 0 Å². The van der Waals surface area contributed by atoms with E-state index in [0.717, 1.165) is 31.7 Å². The van der Waals surface area contributed by atoms with Crippen LogP contribution in [0.15, 0.2) is 16.7 Å². The van der Waals surface area contributed by atoms with Crippen molar-refractivity contribution in [3.63, 3.8) is 0 Å². The van der Waals surface area contributed by atoms with Crippen molar-refractivity contribution >= 4 is 5.91 Å². The van der Waals surface area contributed by atoms with Crippen LogP contribution >= 0.6 is 0 Å². The Bertz CT molecular complexity index is 381. The van der Waals surface area contributed by atoms with E-state index in [-0.39, 0.29) is 11.9 Å². The fraction of sp³-hybridized carbons (Fsp3) is 0.615. The number of furan rings is 1. The number of carbonyl (C=O) groups excluding carboxylic acids is 1. The molecule has 0 spiro atoms. The van der Waals surface area contributed by atoms with Crippen molar-refractivity contribution in [1.82, 2.24) is 10.6 Å². The number of aryl methyl sites for hydroxylation is 1. The molecule has 0 bridgehead atoms. The third-order valence-corrected chi connectivity index (χ3v) is 3.48. The second kappa shape index (κ2) is 5.36. The molecule has 2 atom stereocenters. The first-order valence-corrected chi connectivity index (χ1v) is 6.30. The Kier molecular flexibility index (Phi) is 3.84. The van der Waals surface area contributed by atoms with Gasteiger partial charge in [0.15, 0.2) is 0 Å². The Morgan fingerprint density at radius 2 is 2.53 bits per heavy atom. The van der Waals surface area contributed by atoms with Gasteiger partial charge in [-0.25, -0.2) is 0 Å². The van der Waals surface area contributed by atoms with Crippen LogP contribution < -0.4 is 10.6 Å². The molecule has 0 aromatic carbocycles. The maximum atomic E-state index is 12.1. The molecule has 0 radical (unpaired) electrons. The predicted octanol–water partition coefficient (Wildman–Crippen LogP) is 1.57. The van der Waals surface area contributed by atoms with Crippen LogP contribution in [0.3, 0.4) is 0 Å². The average molecular weight is 236 g/mol. The lowest BCUT2D eigenvalue weighted by Crippen LogP contribution is -2.39. The normalized spacial score (nSPS) is 21.4. The second-order valence-electron chi connectivity index (χ2n) is 4.63. The van der Waals surface area contributed by atoms with Gasteiger partial charge >= 0.3 is 0 Å². The van der Waals surface area contributed by atoms with E-state index >= 15 is 0 Å². The van der Waals surface area contributed by atoms with Gasteiger partial charge in [-0.15, -0.1) is 0 Å². The van der Waals surface area contributed by atoms with Gasteiger partial charge in [0.2, 0.25) is 0 Å². The average Bonchev–Trinajstić information content (AvgIpc) is 2.99. The molecular formula is C13H20N2O2. The first kappa shape index (κ1) is 12.2. The number of carbonyl (C=O) groups is 1. The molecule has 1 aliphatic heterocycles. The zero-order chi connectivity index (χ0) is 12.3. The summed E-state index contributed by atoms with van der Waals surface area (Å²) in [5.74, 6) is 1.28. The summed E-state index contributed by atoms with van der Waals surface area (Å²) in [5, 5.41) is 6.37. The van der Waals surface area contributed by atoms with Crippen LogP contribution in [0.4, 0.5) is 0 Å². The molecule has 0 aliphatic carbocycles. The zero-order valence-electron chi connectivity index (χ0n) is 10.5. The number of rotatable bonds is 4. The van der Waals surface area contributed by atoms with Crippen molar-refractivity contribution in [2.24, 2.45) is 5.92 Å². The molecule has 4 heteroatoms. The van der Waals surface area contributed by atoms with Crippen molar-refractivity contribution in [1.29, 1.82) is 0 Å². The fourth-order valence-electron chi connectivity index (χ4n) is 2.32. The third-order valence-electron chi connectivity index (χ3n) is 3.48. The van der Waals surface area contributed by atoms with Gasteiger partial charge in [-0.3, -0.25) is 4.79 Å².